The van der Waals surface area contributed by atoms with Crippen LogP contribution in [-0.4, -0.2) is 11.3 Å². The zero-order valence-corrected chi connectivity index (χ0v) is 14.2. The largest absolute Gasteiger partial charge is 0.331 e. The number of anilines is 1. The molecule has 2 rings (SSSR count). The zero-order valence-electron chi connectivity index (χ0n) is 13.4. The average molecular weight is 311 g/mol. The molecule has 0 saturated heterocycles. The number of thiocarbonyl (C=S) groups is 1. The van der Waals surface area contributed by atoms with Gasteiger partial charge in [0.1, 0.15) is 0 Å². The fourth-order valence-electron chi connectivity index (χ4n) is 2.24. The van der Waals surface area contributed by atoms with Gasteiger partial charge in [-0.1, -0.05) is 41.5 Å². The topological polar surface area (TPSA) is 36.4 Å². The lowest BCUT2D eigenvalue weighted by atomic mass is 10.1. The van der Waals surface area contributed by atoms with Crippen molar-refractivity contribution in [2.75, 3.05) is 5.32 Å². The lowest BCUT2D eigenvalue weighted by Crippen LogP contribution is -2.24. The smallest absolute Gasteiger partial charge is 0.191 e. The third-order valence-electron chi connectivity index (χ3n) is 3.43. The van der Waals surface area contributed by atoms with Gasteiger partial charge in [-0.2, -0.15) is 5.10 Å². The fraction of sp³-hybridized carbons (Fsp3) is 0.222. The van der Waals surface area contributed by atoms with Gasteiger partial charge in [-0.05, 0) is 62.7 Å². The first-order valence-corrected chi connectivity index (χ1v) is 7.61. The van der Waals surface area contributed by atoms with Crippen LogP contribution >= 0.6 is 12.2 Å². The summed E-state index contributed by atoms with van der Waals surface area (Å²) in [6.45, 7) is 8.27. The molecule has 2 aromatic carbocycles. The van der Waals surface area contributed by atoms with Crippen LogP contribution in [0.15, 0.2) is 41.5 Å². The molecule has 0 heterocycles. The summed E-state index contributed by atoms with van der Waals surface area (Å²) in [7, 11) is 0. The van der Waals surface area contributed by atoms with Crippen LogP contribution in [0.2, 0.25) is 0 Å². The first-order chi connectivity index (χ1) is 10.5. The van der Waals surface area contributed by atoms with Gasteiger partial charge in [-0.3, -0.25) is 5.43 Å². The van der Waals surface area contributed by atoms with Crippen LogP contribution in [0.25, 0.3) is 0 Å². The maximum atomic E-state index is 5.26. The summed E-state index contributed by atoms with van der Waals surface area (Å²) in [4.78, 5) is 0. The molecule has 2 aromatic rings. The zero-order chi connectivity index (χ0) is 16.1. The Bertz CT molecular complexity index is 720. The Hall–Kier alpha value is -2.20. The van der Waals surface area contributed by atoms with Gasteiger partial charge in [0, 0.05) is 5.69 Å². The van der Waals surface area contributed by atoms with Gasteiger partial charge in [0.25, 0.3) is 0 Å². The summed E-state index contributed by atoms with van der Waals surface area (Å²) in [5, 5.41) is 7.83. The van der Waals surface area contributed by atoms with E-state index in [2.05, 4.69) is 73.9 Å². The highest BCUT2D eigenvalue weighted by molar-refractivity contribution is 7.80. The third-order valence-corrected chi connectivity index (χ3v) is 3.62. The minimum absolute atomic E-state index is 0.480. The number of hydrogen-bond acceptors (Lipinski definition) is 2. The molecule has 0 atom stereocenters. The van der Waals surface area contributed by atoms with Gasteiger partial charge >= 0.3 is 0 Å². The first kappa shape index (κ1) is 16.2. The number of hydrazone groups is 1. The Morgan fingerprint density at radius 2 is 1.59 bits per heavy atom. The lowest BCUT2D eigenvalue weighted by Gasteiger charge is -2.10. The molecular weight excluding hydrogens is 290 g/mol. The van der Waals surface area contributed by atoms with E-state index < -0.39 is 0 Å². The van der Waals surface area contributed by atoms with Crippen molar-refractivity contribution in [2.45, 2.75) is 27.7 Å². The molecule has 0 fully saturated rings. The van der Waals surface area contributed by atoms with Gasteiger partial charge < -0.3 is 5.32 Å². The molecule has 0 radical (unpaired) electrons. The summed E-state index contributed by atoms with van der Waals surface area (Å²) >= 11 is 5.26. The molecular formula is C18H21N3S. The standard InChI is InChI=1S/C18H21N3S/c1-12-5-7-16(14(3)9-12)11-19-21-18(22)20-17-8-6-13(2)10-15(17)4/h5-11H,1-4H3,(H2,20,21,22). The van der Waals surface area contributed by atoms with Crippen molar-refractivity contribution in [3.05, 3.63) is 64.2 Å². The van der Waals surface area contributed by atoms with Crippen molar-refractivity contribution < 1.29 is 0 Å². The molecule has 0 aliphatic heterocycles. The van der Waals surface area contributed by atoms with Gasteiger partial charge in [0.15, 0.2) is 5.11 Å². The van der Waals surface area contributed by atoms with E-state index >= 15 is 0 Å². The lowest BCUT2D eigenvalue weighted by molar-refractivity contribution is 1.05. The molecule has 0 unspecified atom stereocenters. The second-order valence-corrected chi connectivity index (χ2v) is 5.91. The van der Waals surface area contributed by atoms with Crippen LogP contribution in [-0.2, 0) is 0 Å². The fourth-order valence-corrected chi connectivity index (χ4v) is 2.40. The van der Waals surface area contributed by atoms with Crippen LogP contribution in [0, 0.1) is 27.7 Å². The number of nitrogens with one attached hydrogen (secondary N) is 2. The highest BCUT2D eigenvalue weighted by Gasteiger charge is 2.00. The highest BCUT2D eigenvalue weighted by Crippen LogP contribution is 2.15. The molecule has 0 amide bonds. The van der Waals surface area contributed by atoms with Gasteiger partial charge in [-0.25, -0.2) is 0 Å². The Morgan fingerprint density at radius 3 is 2.23 bits per heavy atom. The monoisotopic (exact) mass is 311 g/mol. The molecule has 0 aliphatic rings. The Labute approximate surface area is 137 Å². The average Bonchev–Trinajstić information content (AvgIpc) is 2.44. The van der Waals surface area contributed by atoms with Crippen LogP contribution in [0.1, 0.15) is 27.8 Å². The molecule has 0 saturated carbocycles. The van der Waals surface area contributed by atoms with Crippen molar-refractivity contribution in [3.8, 4) is 0 Å². The van der Waals surface area contributed by atoms with Gasteiger partial charge in [0.2, 0.25) is 0 Å². The third kappa shape index (κ3) is 4.40. The summed E-state index contributed by atoms with van der Waals surface area (Å²) in [5.41, 5.74) is 9.74. The Balaban J connectivity index is 1.96. The van der Waals surface area contributed by atoms with Crippen molar-refractivity contribution in [1.82, 2.24) is 5.43 Å². The number of rotatable bonds is 3. The minimum Gasteiger partial charge on any atom is -0.331 e. The normalized spacial score (nSPS) is 10.7. The van der Waals surface area contributed by atoms with Crippen LogP contribution < -0.4 is 10.7 Å². The van der Waals surface area contributed by atoms with Crippen molar-refractivity contribution in [2.24, 2.45) is 5.10 Å². The molecule has 2 N–H and O–H groups in total. The molecule has 114 valence electrons. The van der Waals surface area contributed by atoms with E-state index in [0.717, 1.165) is 16.8 Å². The highest BCUT2D eigenvalue weighted by atomic mass is 32.1. The molecule has 4 heteroatoms. The van der Waals surface area contributed by atoms with E-state index in [4.69, 9.17) is 12.2 Å². The summed E-state index contributed by atoms with van der Waals surface area (Å²) in [5.74, 6) is 0. The molecule has 0 bridgehead atoms. The Morgan fingerprint density at radius 1 is 0.955 bits per heavy atom. The van der Waals surface area contributed by atoms with Crippen molar-refractivity contribution >= 4 is 29.2 Å². The number of hydrogen-bond donors (Lipinski definition) is 2. The second-order valence-electron chi connectivity index (χ2n) is 5.50. The van der Waals surface area contributed by atoms with Crippen LogP contribution in [0.5, 0.6) is 0 Å². The number of aryl methyl sites for hydroxylation is 4. The van der Waals surface area contributed by atoms with Crippen LogP contribution in [0.3, 0.4) is 0 Å². The molecule has 3 nitrogen and oxygen atoms in total. The Kier molecular flexibility index (Phi) is 5.28. The maximum absolute atomic E-state index is 5.26. The number of benzene rings is 2. The predicted molar refractivity (Wildman–Crippen MR) is 98.8 cm³/mol. The first-order valence-electron chi connectivity index (χ1n) is 7.20. The molecule has 22 heavy (non-hydrogen) atoms. The summed E-state index contributed by atoms with van der Waals surface area (Å²) in [6, 6.07) is 12.4. The summed E-state index contributed by atoms with van der Waals surface area (Å²) in [6.07, 6.45) is 1.78. The van der Waals surface area contributed by atoms with Gasteiger partial charge in [0.05, 0.1) is 6.21 Å². The van der Waals surface area contributed by atoms with E-state index in [1.807, 2.05) is 6.07 Å². The van der Waals surface area contributed by atoms with Crippen molar-refractivity contribution in [1.29, 1.82) is 0 Å². The second kappa shape index (κ2) is 7.18. The van der Waals surface area contributed by atoms with Crippen LogP contribution in [0.4, 0.5) is 5.69 Å². The van der Waals surface area contributed by atoms with E-state index in [-0.39, 0.29) is 0 Å². The molecule has 0 aliphatic carbocycles. The number of nitrogens with zero attached hydrogens (tertiary/aromatic N) is 1. The maximum Gasteiger partial charge on any atom is 0.191 e. The molecule has 0 aromatic heterocycles. The minimum atomic E-state index is 0.480. The SMILES string of the molecule is Cc1ccc(C=NNC(=S)Nc2ccc(C)cc2C)c(C)c1. The summed E-state index contributed by atoms with van der Waals surface area (Å²) < 4.78 is 0. The van der Waals surface area contributed by atoms with E-state index in [1.54, 1.807) is 6.21 Å². The quantitative estimate of drug-likeness (QED) is 0.506. The van der Waals surface area contributed by atoms with E-state index in [1.165, 1.54) is 16.7 Å². The predicted octanol–water partition coefficient (Wildman–Crippen LogP) is 4.24. The van der Waals surface area contributed by atoms with Crippen molar-refractivity contribution in [3.63, 3.8) is 0 Å². The van der Waals surface area contributed by atoms with E-state index in [9.17, 15) is 0 Å². The molecule has 0 spiro atoms. The van der Waals surface area contributed by atoms with Gasteiger partial charge in [-0.15, -0.1) is 0 Å². The van der Waals surface area contributed by atoms with E-state index in [0.29, 0.717) is 5.11 Å².